The molecule has 0 amide bonds. The van der Waals surface area contributed by atoms with E-state index in [4.69, 9.17) is 16.6 Å². The zero-order valence-electron chi connectivity index (χ0n) is 5.57. The van der Waals surface area contributed by atoms with Crippen LogP contribution in [0.1, 0.15) is 12.7 Å². The minimum Gasteiger partial charge on any atom is -0.463 e. The summed E-state index contributed by atoms with van der Waals surface area (Å²) in [7, 11) is 0. The van der Waals surface area contributed by atoms with Gasteiger partial charge >= 0.3 is 0 Å². The lowest BCUT2D eigenvalue weighted by atomic mass is 10.5. The Morgan fingerprint density at radius 3 is 3.10 bits per heavy atom. The summed E-state index contributed by atoms with van der Waals surface area (Å²) in [4.78, 5) is 4.49. The first-order valence-corrected chi connectivity index (χ1v) is 3.28. The minimum atomic E-state index is 0.608. The predicted molar refractivity (Wildman–Crippen MR) is 44.6 cm³/mol. The van der Waals surface area contributed by atoms with E-state index in [9.17, 15) is 0 Å². The van der Waals surface area contributed by atoms with Crippen LogP contribution >= 0.6 is 12.2 Å². The highest BCUT2D eigenvalue weighted by molar-refractivity contribution is 7.80. The fraction of sp³-hybridized carbons (Fsp3) is 0.143. The second-order valence-corrected chi connectivity index (χ2v) is 2.38. The van der Waals surface area contributed by atoms with Crippen LogP contribution in [0.4, 0.5) is 0 Å². The van der Waals surface area contributed by atoms with Gasteiger partial charge in [-0.15, -0.1) is 0 Å². The van der Waals surface area contributed by atoms with E-state index < -0.39 is 0 Å². The first kappa shape index (κ1) is 7.15. The van der Waals surface area contributed by atoms with E-state index in [1.165, 1.54) is 0 Å². The molecule has 0 atom stereocenters. The second kappa shape index (κ2) is 3.27. The van der Waals surface area contributed by atoms with E-state index in [1.54, 1.807) is 25.5 Å². The van der Waals surface area contributed by atoms with Gasteiger partial charge in [0.05, 0.1) is 17.5 Å². The maximum atomic E-state index is 4.97. The number of hydrogen-bond donors (Lipinski definition) is 0. The monoisotopic (exact) mass is 153 g/mol. The molecule has 2 nitrogen and oxygen atoms in total. The molecule has 3 heteroatoms. The van der Waals surface area contributed by atoms with Crippen LogP contribution < -0.4 is 0 Å². The van der Waals surface area contributed by atoms with Gasteiger partial charge in [0, 0.05) is 0 Å². The molecule has 0 aliphatic heterocycles. The Morgan fingerprint density at radius 2 is 2.60 bits per heavy atom. The Labute approximate surface area is 64.6 Å². The summed E-state index contributed by atoms with van der Waals surface area (Å²) < 4.78 is 4.97. The van der Waals surface area contributed by atoms with Crippen molar-refractivity contribution >= 4 is 23.4 Å². The van der Waals surface area contributed by atoms with Gasteiger partial charge in [0.2, 0.25) is 0 Å². The topological polar surface area (TPSA) is 25.5 Å². The standard InChI is InChI=1S/C7H7NOS/c1-6(10)8-5-7-3-2-4-9-7/h2-5H,1H3. The number of furan rings is 1. The summed E-state index contributed by atoms with van der Waals surface area (Å²) in [5, 5.41) is 0. The van der Waals surface area contributed by atoms with Gasteiger partial charge in [0.25, 0.3) is 0 Å². The molecule has 0 saturated heterocycles. The molecule has 0 unspecified atom stereocenters. The quantitative estimate of drug-likeness (QED) is 0.455. The second-order valence-electron chi connectivity index (χ2n) is 1.79. The van der Waals surface area contributed by atoms with Crippen LogP contribution in [0, 0.1) is 0 Å². The molecule has 52 valence electrons. The molecule has 1 aromatic rings. The third-order valence-electron chi connectivity index (χ3n) is 0.917. The Hall–Kier alpha value is -0.960. The lowest BCUT2D eigenvalue weighted by molar-refractivity contribution is 0.560. The van der Waals surface area contributed by atoms with Crippen molar-refractivity contribution in [2.24, 2.45) is 4.99 Å². The van der Waals surface area contributed by atoms with Crippen molar-refractivity contribution in [2.45, 2.75) is 6.92 Å². The normalized spacial score (nSPS) is 10.5. The summed E-state index contributed by atoms with van der Waals surface area (Å²) in [5.74, 6) is 0.726. The lowest BCUT2D eigenvalue weighted by Crippen LogP contribution is -1.80. The first-order chi connectivity index (χ1) is 4.79. The SMILES string of the molecule is CC(=S)N=Cc1ccco1. The van der Waals surface area contributed by atoms with Crippen LogP contribution in [0.15, 0.2) is 27.8 Å². The third-order valence-corrected chi connectivity index (χ3v) is 1.02. The Kier molecular flexibility index (Phi) is 2.34. The number of nitrogens with zero attached hydrogens (tertiary/aromatic N) is 1. The third kappa shape index (κ3) is 2.11. The van der Waals surface area contributed by atoms with E-state index in [2.05, 4.69) is 4.99 Å². The summed E-state index contributed by atoms with van der Waals surface area (Å²) >= 11 is 4.73. The highest BCUT2D eigenvalue weighted by atomic mass is 32.1. The van der Waals surface area contributed by atoms with Crippen LogP contribution in [0.5, 0.6) is 0 Å². The summed E-state index contributed by atoms with van der Waals surface area (Å²) in [6.07, 6.45) is 3.20. The van der Waals surface area contributed by atoms with Gasteiger partial charge in [-0.1, -0.05) is 12.2 Å². The molecular formula is C7H7NOS. The van der Waals surface area contributed by atoms with Gasteiger partial charge in [0.15, 0.2) is 0 Å². The molecule has 1 rings (SSSR count). The number of aliphatic imine (C=N–C) groups is 1. The van der Waals surface area contributed by atoms with Crippen LogP contribution in [0.2, 0.25) is 0 Å². The van der Waals surface area contributed by atoms with Crippen LogP contribution in [-0.4, -0.2) is 11.2 Å². The van der Waals surface area contributed by atoms with Crippen LogP contribution in [0.3, 0.4) is 0 Å². The zero-order chi connectivity index (χ0) is 7.40. The van der Waals surface area contributed by atoms with Crippen molar-refractivity contribution in [3.05, 3.63) is 24.2 Å². The summed E-state index contributed by atoms with van der Waals surface area (Å²) in [6, 6.07) is 3.63. The van der Waals surface area contributed by atoms with E-state index in [0.717, 1.165) is 5.76 Å². The van der Waals surface area contributed by atoms with Gasteiger partial charge in [-0.05, 0) is 19.1 Å². The molecular weight excluding hydrogens is 146 g/mol. The van der Waals surface area contributed by atoms with Crippen molar-refractivity contribution in [2.75, 3.05) is 0 Å². The lowest BCUT2D eigenvalue weighted by Gasteiger charge is -1.81. The van der Waals surface area contributed by atoms with E-state index in [1.807, 2.05) is 6.07 Å². The smallest absolute Gasteiger partial charge is 0.144 e. The fourth-order valence-electron chi connectivity index (χ4n) is 0.519. The minimum absolute atomic E-state index is 0.608. The van der Waals surface area contributed by atoms with Gasteiger partial charge in [-0.3, -0.25) is 0 Å². The Morgan fingerprint density at radius 1 is 1.80 bits per heavy atom. The van der Waals surface area contributed by atoms with E-state index >= 15 is 0 Å². The Balaban J connectivity index is 2.64. The van der Waals surface area contributed by atoms with Crippen molar-refractivity contribution in [1.82, 2.24) is 0 Å². The molecule has 0 radical (unpaired) electrons. The number of hydrogen-bond acceptors (Lipinski definition) is 2. The summed E-state index contributed by atoms with van der Waals surface area (Å²) in [5.41, 5.74) is 0. The van der Waals surface area contributed by atoms with Crippen LogP contribution in [-0.2, 0) is 0 Å². The zero-order valence-corrected chi connectivity index (χ0v) is 6.39. The highest BCUT2D eigenvalue weighted by Crippen LogP contribution is 1.95. The molecule has 0 spiro atoms. The fourth-order valence-corrected chi connectivity index (χ4v) is 0.572. The van der Waals surface area contributed by atoms with Gasteiger partial charge < -0.3 is 4.42 Å². The predicted octanol–water partition coefficient (Wildman–Crippen LogP) is 2.05. The van der Waals surface area contributed by atoms with Gasteiger partial charge in [0.1, 0.15) is 5.76 Å². The molecule has 0 bridgehead atoms. The van der Waals surface area contributed by atoms with Crippen molar-refractivity contribution in [1.29, 1.82) is 0 Å². The molecule has 0 N–H and O–H groups in total. The first-order valence-electron chi connectivity index (χ1n) is 2.87. The van der Waals surface area contributed by atoms with E-state index in [-0.39, 0.29) is 0 Å². The van der Waals surface area contributed by atoms with Crippen molar-refractivity contribution in [3.63, 3.8) is 0 Å². The average Bonchev–Trinajstić information content (AvgIpc) is 2.34. The summed E-state index contributed by atoms with van der Waals surface area (Å²) in [6.45, 7) is 1.76. The molecule has 0 aliphatic carbocycles. The number of thiocarbonyl (C=S) groups is 1. The van der Waals surface area contributed by atoms with Gasteiger partial charge in [-0.25, -0.2) is 4.99 Å². The maximum Gasteiger partial charge on any atom is 0.144 e. The molecule has 1 aromatic heterocycles. The number of rotatable bonds is 1. The highest BCUT2D eigenvalue weighted by Gasteiger charge is 1.86. The average molecular weight is 153 g/mol. The largest absolute Gasteiger partial charge is 0.463 e. The molecule has 10 heavy (non-hydrogen) atoms. The molecule has 0 saturated carbocycles. The maximum absolute atomic E-state index is 4.97. The van der Waals surface area contributed by atoms with Crippen LogP contribution in [0.25, 0.3) is 0 Å². The Bertz CT molecular complexity index is 238. The van der Waals surface area contributed by atoms with Crippen molar-refractivity contribution < 1.29 is 4.42 Å². The van der Waals surface area contributed by atoms with Crippen molar-refractivity contribution in [3.8, 4) is 0 Å². The molecule has 0 aliphatic rings. The van der Waals surface area contributed by atoms with E-state index in [0.29, 0.717) is 4.99 Å². The molecule has 0 fully saturated rings. The molecule has 0 aromatic carbocycles. The van der Waals surface area contributed by atoms with Gasteiger partial charge in [-0.2, -0.15) is 0 Å². The molecule has 1 heterocycles.